The Kier molecular flexibility index (Phi) is 3.92. The summed E-state index contributed by atoms with van der Waals surface area (Å²) in [4.78, 5) is 13.3. The van der Waals surface area contributed by atoms with Crippen LogP contribution in [0.15, 0.2) is 18.6 Å². The molecule has 0 aliphatic carbocycles. The van der Waals surface area contributed by atoms with Crippen molar-refractivity contribution in [1.29, 1.82) is 0 Å². The lowest BCUT2D eigenvalue weighted by atomic mass is 10.3. The Morgan fingerprint density at radius 1 is 1.17 bits per heavy atom. The molecule has 0 aliphatic heterocycles. The van der Waals surface area contributed by atoms with Crippen molar-refractivity contribution < 1.29 is 0 Å². The van der Waals surface area contributed by atoms with Gasteiger partial charge in [-0.3, -0.25) is 0 Å². The van der Waals surface area contributed by atoms with Crippen LogP contribution in [-0.2, 0) is 13.0 Å². The molecule has 2 aromatic heterocycles. The fraction of sp³-hybridized carbons (Fsp3) is 0.462. The first-order valence-corrected chi connectivity index (χ1v) is 6.40. The average Bonchev–Trinajstić information content (AvgIpc) is 2.87. The molecular formula is C13H19N5. The Balaban J connectivity index is 2.39. The van der Waals surface area contributed by atoms with Gasteiger partial charge in [0, 0.05) is 31.8 Å². The topological polar surface area (TPSA) is 55.6 Å². The molecule has 0 amide bonds. The second-order valence-corrected chi connectivity index (χ2v) is 4.03. The fourth-order valence-corrected chi connectivity index (χ4v) is 1.72. The lowest BCUT2D eigenvalue weighted by Gasteiger charge is -2.06. The predicted octanol–water partition coefficient (Wildman–Crippen LogP) is 2.35. The van der Waals surface area contributed by atoms with Crippen molar-refractivity contribution in [1.82, 2.24) is 19.5 Å². The highest BCUT2D eigenvalue weighted by Gasteiger charge is 2.07. The van der Waals surface area contributed by atoms with Crippen LogP contribution in [0.5, 0.6) is 0 Å². The number of rotatable bonds is 5. The molecule has 18 heavy (non-hydrogen) atoms. The van der Waals surface area contributed by atoms with E-state index < -0.39 is 0 Å². The van der Waals surface area contributed by atoms with E-state index >= 15 is 0 Å². The SMILES string of the molecule is CCNc1cc(-c2cn(CC)cn2)nc(CC)n1. The summed E-state index contributed by atoms with van der Waals surface area (Å²) in [6, 6.07) is 1.95. The quantitative estimate of drug-likeness (QED) is 0.878. The minimum atomic E-state index is 0.820. The number of anilines is 1. The molecule has 0 spiro atoms. The number of imidazole rings is 1. The van der Waals surface area contributed by atoms with Crippen molar-refractivity contribution in [2.45, 2.75) is 33.7 Å². The van der Waals surface area contributed by atoms with Gasteiger partial charge in [0.25, 0.3) is 0 Å². The second kappa shape index (κ2) is 5.62. The molecule has 1 N–H and O–H groups in total. The average molecular weight is 245 g/mol. The third-order valence-corrected chi connectivity index (χ3v) is 2.71. The third kappa shape index (κ3) is 2.67. The van der Waals surface area contributed by atoms with Gasteiger partial charge in [0.05, 0.1) is 12.0 Å². The number of hydrogen-bond donors (Lipinski definition) is 1. The maximum Gasteiger partial charge on any atom is 0.131 e. The Morgan fingerprint density at radius 2 is 2.00 bits per heavy atom. The molecule has 0 saturated heterocycles. The molecule has 0 aromatic carbocycles. The molecule has 0 bridgehead atoms. The van der Waals surface area contributed by atoms with Crippen LogP contribution in [0.4, 0.5) is 5.82 Å². The zero-order chi connectivity index (χ0) is 13.0. The summed E-state index contributed by atoms with van der Waals surface area (Å²) in [7, 11) is 0. The van der Waals surface area contributed by atoms with E-state index in [1.807, 2.05) is 23.2 Å². The summed E-state index contributed by atoms with van der Waals surface area (Å²) in [6.07, 6.45) is 4.66. The van der Waals surface area contributed by atoms with Crippen LogP contribution in [-0.4, -0.2) is 26.1 Å². The number of nitrogens with zero attached hydrogens (tertiary/aromatic N) is 4. The maximum atomic E-state index is 4.53. The van der Waals surface area contributed by atoms with Gasteiger partial charge in [0.1, 0.15) is 17.3 Å². The Labute approximate surface area is 107 Å². The van der Waals surface area contributed by atoms with Gasteiger partial charge in [0.15, 0.2) is 0 Å². The minimum absolute atomic E-state index is 0.820. The van der Waals surface area contributed by atoms with E-state index in [1.165, 1.54) is 0 Å². The van der Waals surface area contributed by atoms with E-state index in [-0.39, 0.29) is 0 Å². The first-order chi connectivity index (χ1) is 8.76. The summed E-state index contributed by atoms with van der Waals surface area (Å²) in [5.74, 6) is 1.71. The molecule has 0 aliphatic rings. The van der Waals surface area contributed by atoms with Gasteiger partial charge in [-0.25, -0.2) is 15.0 Å². The van der Waals surface area contributed by atoms with Crippen LogP contribution in [0.3, 0.4) is 0 Å². The molecule has 5 nitrogen and oxygen atoms in total. The van der Waals surface area contributed by atoms with Crippen molar-refractivity contribution in [2.75, 3.05) is 11.9 Å². The van der Waals surface area contributed by atoms with Gasteiger partial charge in [-0.05, 0) is 13.8 Å². The highest BCUT2D eigenvalue weighted by Crippen LogP contribution is 2.18. The monoisotopic (exact) mass is 245 g/mol. The summed E-state index contributed by atoms with van der Waals surface area (Å²) in [5.41, 5.74) is 1.78. The summed E-state index contributed by atoms with van der Waals surface area (Å²) in [5, 5.41) is 3.23. The molecule has 0 radical (unpaired) electrons. The highest BCUT2D eigenvalue weighted by atomic mass is 15.1. The van der Waals surface area contributed by atoms with E-state index in [1.54, 1.807) is 0 Å². The molecule has 5 heteroatoms. The van der Waals surface area contributed by atoms with Gasteiger partial charge < -0.3 is 9.88 Å². The largest absolute Gasteiger partial charge is 0.370 e. The van der Waals surface area contributed by atoms with E-state index in [4.69, 9.17) is 0 Å². The lowest BCUT2D eigenvalue weighted by Crippen LogP contribution is -2.04. The van der Waals surface area contributed by atoms with Crippen molar-refractivity contribution in [3.8, 4) is 11.4 Å². The molecular weight excluding hydrogens is 226 g/mol. The molecule has 2 aromatic rings. The third-order valence-electron chi connectivity index (χ3n) is 2.71. The summed E-state index contributed by atoms with van der Waals surface area (Å²) >= 11 is 0. The number of hydrogen-bond acceptors (Lipinski definition) is 4. The molecule has 2 heterocycles. The van der Waals surface area contributed by atoms with Crippen LogP contribution in [0.2, 0.25) is 0 Å². The van der Waals surface area contributed by atoms with Crippen molar-refractivity contribution in [3.05, 3.63) is 24.4 Å². The minimum Gasteiger partial charge on any atom is -0.370 e. The first-order valence-electron chi connectivity index (χ1n) is 6.40. The molecule has 0 fully saturated rings. The van der Waals surface area contributed by atoms with Gasteiger partial charge >= 0.3 is 0 Å². The number of aryl methyl sites for hydroxylation is 2. The van der Waals surface area contributed by atoms with Gasteiger partial charge in [-0.2, -0.15) is 0 Å². The summed E-state index contributed by atoms with van der Waals surface area (Å²) in [6.45, 7) is 7.97. The number of nitrogens with one attached hydrogen (secondary N) is 1. The Bertz CT molecular complexity index is 518. The second-order valence-electron chi connectivity index (χ2n) is 4.03. The van der Waals surface area contributed by atoms with Crippen LogP contribution in [0.25, 0.3) is 11.4 Å². The van der Waals surface area contributed by atoms with Crippen molar-refractivity contribution >= 4 is 5.82 Å². The van der Waals surface area contributed by atoms with E-state index in [0.717, 1.165) is 42.5 Å². The van der Waals surface area contributed by atoms with Gasteiger partial charge in [0.2, 0.25) is 0 Å². The van der Waals surface area contributed by atoms with Crippen molar-refractivity contribution in [2.24, 2.45) is 0 Å². The Morgan fingerprint density at radius 3 is 2.61 bits per heavy atom. The van der Waals surface area contributed by atoms with E-state index in [0.29, 0.717) is 0 Å². The first kappa shape index (κ1) is 12.5. The Hall–Kier alpha value is -1.91. The summed E-state index contributed by atoms with van der Waals surface area (Å²) < 4.78 is 2.04. The molecule has 96 valence electrons. The van der Waals surface area contributed by atoms with Gasteiger partial charge in [-0.15, -0.1) is 0 Å². The highest BCUT2D eigenvalue weighted by molar-refractivity contribution is 5.57. The fourth-order valence-electron chi connectivity index (χ4n) is 1.72. The zero-order valence-corrected chi connectivity index (χ0v) is 11.1. The normalized spacial score (nSPS) is 10.6. The zero-order valence-electron chi connectivity index (χ0n) is 11.1. The molecule has 2 rings (SSSR count). The lowest BCUT2D eigenvalue weighted by molar-refractivity contribution is 0.761. The standard InChI is InChI=1S/C13H19N5/c1-4-12-16-10(7-13(17-12)14-5-2)11-8-18(6-3)9-15-11/h7-9H,4-6H2,1-3H3,(H,14,16,17). The van der Waals surface area contributed by atoms with Crippen LogP contribution in [0, 0.1) is 0 Å². The predicted molar refractivity (Wildman–Crippen MR) is 72.5 cm³/mol. The van der Waals surface area contributed by atoms with Crippen LogP contribution < -0.4 is 5.32 Å². The van der Waals surface area contributed by atoms with Gasteiger partial charge in [-0.1, -0.05) is 6.92 Å². The smallest absolute Gasteiger partial charge is 0.131 e. The maximum absolute atomic E-state index is 4.53. The molecule has 0 atom stereocenters. The van der Waals surface area contributed by atoms with Crippen molar-refractivity contribution in [3.63, 3.8) is 0 Å². The van der Waals surface area contributed by atoms with Crippen LogP contribution in [0.1, 0.15) is 26.6 Å². The van der Waals surface area contributed by atoms with E-state index in [9.17, 15) is 0 Å². The number of aromatic nitrogens is 4. The van der Waals surface area contributed by atoms with Crippen LogP contribution >= 0.6 is 0 Å². The van der Waals surface area contributed by atoms with E-state index in [2.05, 4.69) is 41.0 Å². The molecule has 0 saturated carbocycles. The molecule has 0 unspecified atom stereocenters.